The molecule has 2 aliphatic heterocycles. The summed E-state index contributed by atoms with van der Waals surface area (Å²) in [6.07, 6.45) is 4.36. The van der Waals surface area contributed by atoms with Crippen LogP contribution < -0.4 is 0 Å². The van der Waals surface area contributed by atoms with E-state index < -0.39 is 12.0 Å². The van der Waals surface area contributed by atoms with Gasteiger partial charge >= 0.3 is 12.0 Å². The van der Waals surface area contributed by atoms with Crippen molar-refractivity contribution in [2.24, 2.45) is 0 Å². The smallest absolute Gasteiger partial charge is 0.327 e. The Bertz CT molecular complexity index is 351. The zero-order valence-electron chi connectivity index (χ0n) is 11.4. The van der Waals surface area contributed by atoms with Crippen molar-refractivity contribution < 1.29 is 14.7 Å². The molecule has 0 radical (unpaired) electrons. The number of nitrogens with zero attached hydrogens (tertiary/aromatic N) is 2. The summed E-state index contributed by atoms with van der Waals surface area (Å²) in [4.78, 5) is 27.3. The van der Waals surface area contributed by atoms with Crippen LogP contribution in [-0.2, 0) is 4.79 Å². The second-order valence-corrected chi connectivity index (χ2v) is 6.45. The Morgan fingerprint density at radius 3 is 2.68 bits per heavy atom. The quantitative estimate of drug-likeness (QED) is 0.799. The first-order valence-electron chi connectivity index (χ1n) is 6.99. The van der Waals surface area contributed by atoms with Gasteiger partial charge in [-0.05, 0) is 19.8 Å². The van der Waals surface area contributed by atoms with Crippen LogP contribution in [-0.4, -0.2) is 63.6 Å². The molecule has 2 aliphatic rings. The third-order valence-electron chi connectivity index (χ3n) is 3.96. The summed E-state index contributed by atoms with van der Waals surface area (Å²) in [5, 5.41) is 9.25. The highest BCUT2D eigenvalue weighted by molar-refractivity contribution is 7.99. The molecule has 0 aromatic heterocycles. The van der Waals surface area contributed by atoms with Gasteiger partial charge in [-0.15, -0.1) is 0 Å². The maximum Gasteiger partial charge on any atom is 0.327 e. The van der Waals surface area contributed by atoms with E-state index in [9.17, 15) is 14.7 Å². The van der Waals surface area contributed by atoms with E-state index in [1.54, 1.807) is 16.7 Å². The number of thioether (sulfide) groups is 1. The molecule has 0 saturated carbocycles. The van der Waals surface area contributed by atoms with E-state index in [1.165, 1.54) is 0 Å². The lowest BCUT2D eigenvalue weighted by molar-refractivity contribution is -0.141. The number of likely N-dealkylation sites (tertiary alicyclic amines) is 1. The summed E-state index contributed by atoms with van der Waals surface area (Å²) in [7, 11) is 0. The van der Waals surface area contributed by atoms with Gasteiger partial charge < -0.3 is 14.9 Å². The van der Waals surface area contributed by atoms with Crippen LogP contribution in [0.15, 0.2) is 0 Å². The van der Waals surface area contributed by atoms with Crippen LogP contribution in [0, 0.1) is 0 Å². The second kappa shape index (κ2) is 6.50. The van der Waals surface area contributed by atoms with Crippen molar-refractivity contribution in [3.05, 3.63) is 0 Å². The highest BCUT2D eigenvalue weighted by atomic mass is 32.2. The molecular formula is C13H22N2O3S. The van der Waals surface area contributed by atoms with Crippen LogP contribution >= 0.6 is 11.8 Å². The minimum absolute atomic E-state index is 0.0814. The first kappa shape index (κ1) is 14.5. The summed E-state index contributed by atoms with van der Waals surface area (Å²) < 4.78 is 0. The number of rotatable bonds is 1. The SMILES string of the molecule is CC1CCCCCN1C(=O)N1CCSCC1C(=O)O. The van der Waals surface area contributed by atoms with Crippen molar-refractivity contribution in [2.75, 3.05) is 24.6 Å². The van der Waals surface area contributed by atoms with E-state index in [0.29, 0.717) is 12.3 Å². The van der Waals surface area contributed by atoms with E-state index in [-0.39, 0.29) is 12.1 Å². The van der Waals surface area contributed by atoms with E-state index >= 15 is 0 Å². The molecule has 2 atom stereocenters. The number of amides is 2. The molecule has 2 heterocycles. The molecule has 2 saturated heterocycles. The van der Waals surface area contributed by atoms with E-state index in [4.69, 9.17) is 0 Å². The minimum atomic E-state index is -0.886. The lowest BCUT2D eigenvalue weighted by atomic mass is 10.1. The number of hydrogen-bond donors (Lipinski definition) is 1. The Morgan fingerprint density at radius 2 is 1.95 bits per heavy atom. The van der Waals surface area contributed by atoms with E-state index in [0.717, 1.165) is 38.0 Å². The van der Waals surface area contributed by atoms with Crippen LogP contribution in [0.4, 0.5) is 4.79 Å². The van der Waals surface area contributed by atoms with Gasteiger partial charge in [-0.1, -0.05) is 12.8 Å². The number of hydrogen-bond acceptors (Lipinski definition) is 3. The summed E-state index contributed by atoms with van der Waals surface area (Å²) in [6.45, 7) is 3.37. The number of urea groups is 1. The van der Waals surface area contributed by atoms with Gasteiger partial charge in [-0.3, -0.25) is 0 Å². The van der Waals surface area contributed by atoms with Gasteiger partial charge in [-0.25, -0.2) is 9.59 Å². The third kappa shape index (κ3) is 3.35. The van der Waals surface area contributed by atoms with Crippen LogP contribution in [0.3, 0.4) is 0 Å². The molecule has 0 aliphatic carbocycles. The van der Waals surface area contributed by atoms with Crippen molar-refractivity contribution in [3.63, 3.8) is 0 Å². The van der Waals surface area contributed by atoms with Gasteiger partial charge in [-0.2, -0.15) is 11.8 Å². The Balaban J connectivity index is 2.09. The lowest BCUT2D eigenvalue weighted by Crippen LogP contribution is -2.56. The summed E-state index contributed by atoms with van der Waals surface area (Å²) in [6, 6.07) is -0.525. The maximum absolute atomic E-state index is 12.6. The van der Waals surface area contributed by atoms with Gasteiger partial charge in [0.05, 0.1) is 0 Å². The van der Waals surface area contributed by atoms with Crippen molar-refractivity contribution in [2.45, 2.75) is 44.7 Å². The fraction of sp³-hybridized carbons (Fsp3) is 0.846. The van der Waals surface area contributed by atoms with E-state index in [2.05, 4.69) is 6.92 Å². The highest BCUT2D eigenvalue weighted by Crippen LogP contribution is 2.22. The monoisotopic (exact) mass is 286 g/mol. The zero-order chi connectivity index (χ0) is 13.8. The summed E-state index contributed by atoms with van der Waals surface area (Å²) in [5.74, 6) is 0.448. The average molecular weight is 286 g/mol. The molecule has 2 fully saturated rings. The largest absolute Gasteiger partial charge is 0.480 e. The van der Waals surface area contributed by atoms with Gasteiger partial charge in [0.25, 0.3) is 0 Å². The van der Waals surface area contributed by atoms with Gasteiger partial charge in [0, 0.05) is 30.6 Å². The third-order valence-corrected chi connectivity index (χ3v) is 4.98. The van der Waals surface area contributed by atoms with Crippen LogP contribution in [0.1, 0.15) is 32.6 Å². The second-order valence-electron chi connectivity index (χ2n) is 5.30. The fourth-order valence-corrected chi connectivity index (χ4v) is 3.80. The number of carboxylic acids is 1. The van der Waals surface area contributed by atoms with Gasteiger partial charge in [0.2, 0.25) is 0 Å². The van der Waals surface area contributed by atoms with Crippen molar-refractivity contribution in [3.8, 4) is 0 Å². The molecule has 2 unspecified atom stereocenters. The number of carbonyl (C=O) groups excluding carboxylic acids is 1. The maximum atomic E-state index is 12.6. The summed E-state index contributed by atoms with van der Waals surface area (Å²) in [5.41, 5.74) is 0. The average Bonchev–Trinajstić information content (AvgIpc) is 2.62. The number of aliphatic carboxylic acids is 1. The van der Waals surface area contributed by atoms with Crippen molar-refractivity contribution >= 4 is 23.8 Å². The predicted molar refractivity (Wildman–Crippen MR) is 75.5 cm³/mol. The minimum Gasteiger partial charge on any atom is -0.480 e. The lowest BCUT2D eigenvalue weighted by Gasteiger charge is -2.38. The predicted octanol–water partition coefficient (Wildman–Crippen LogP) is 1.87. The van der Waals surface area contributed by atoms with Crippen LogP contribution in [0.25, 0.3) is 0 Å². The molecule has 0 bridgehead atoms. The first-order chi connectivity index (χ1) is 9.11. The molecular weight excluding hydrogens is 264 g/mol. The molecule has 0 spiro atoms. The Morgan fingerprint density at radius 1 is 1.16 bits per heavy atom. The fourth-order valence-electron chi connectivity index (χ4n) is 2.76. The molecule has 2 amide bonds. The topological polar surface area (TPSA) is 60.9 Å². The molecule has 19 heavy (non-hydrogen) atoms. The molecule has 108 valence electrons. The molecule has 2 rings (SSSR count). The molecule has 0 aromatic rings. The van der Waals surface area contributed by atoms with Crippen LogP contribution in [0.5, 0.6) is 0 Å². The first-order valence-corrected chi connectivity index (χ1v) is 8.14. The van der Waals surface area contributed by atoms with Gasteiger partial charge in [0.1, 0.15) is 6.04 Å². The molecule has 1 N–H and O–H groups in total. The highest BCUT2D eigenvalue weighted by Gasteiger charge is 2.36. The zero-order valence-corrected chi connectivity index (χ0v) is 12.2. The number of carboxylic acid groups (broad SMARTS) is 1. The Labute approximate surface area is 118 Å². The summed E-state index contributed by atoms with van der Waals surface area (Å²) >= 11 is 1.61. The molecule has 6 heteroatoms. The molecule has 5 nitrogen and oxygen atoms in total. The Kier molecular flexibility index (Phi) is 4.96. The molecule has 0 aromatic carbocycles. The normalized spacial score (nSPS) is 28.9. The standard InChI is InChI=1S/C13H22N2O3S/c1-10-5-3-2-4-6-14(10)13(18)15-7-8-19-9-11(15)12(16)17/h10-11H,2-9H2,1H3,(H,16,17). The van der Waals surface area contributed by atoms with Crippen molar-refractivity contribution in [1.82, 2.24) is 9.80 Å². The number of carbonyl (C=O) groups is 2. The van der Waals surface area contributed by atoms with Crippen LogP contribution in [0.2, 0.25) is 0 Å². The van der Waals surface area contributed by atoms with E-state index in [1.807, 2.05) is 4.90 Å². The Hall–Kier alpha value is -0.910. The van der Waals surface area contributed by atoms with Gasteiger partial charge in [0.15, 0.2) is 0 Å². The van der Waals surface area contributed by atoms with Crippen molar-refractivity contribution in [1.29, 1.82) is 0 Å².